The zero-order valence-electron chi connectivity index (χ0n) is 14.2. The molecule has 1 aromatic heterocycles. The second kappa shape index (κ2) is 6.10. The van der Waals surface area contributed by atoms with Crippen LogP contribution in [0.2, 0.25) is 0 Å². The molecule has 4 N–H and O–H groups in total. The highest BCUT2D eigenvalue weighted by atomic mass is 16.5. The van der Waals surface area contributed by atoms with Gasteiger partial charge in [0.25, 0.3) is 0 Å². The smallest absolute Gasteiger partial charge is 0.336 e. The molecule has 8 heteroatoms. The summed E-state index contributed by atoms with van der Waals surface area (Å²) in [6.45, 7) is 0. The van der Waals surface area contributed by atoms with Gasteiger partial charge in [0.15, 0.2) is 17.6 Å². The van der Waals surface area contributed by atoms with Gasteiger partial charge in [-0.25, -0.2) is 4.79 Å². The third-order valence-corrected chi connectivity index (χ3v) is 4.57. The van der Waals surface area contributed by atoms with Crippen LogP contribution in [-0.2, 0) is 6.42 Å². The van der Waals surface area contributed by atoms with Gasteiger partial charge < -0.3 is 34.3 Å². The Morgan fingerprint density at radius 3 is 2.44 bits per heavy atom. The van der Waals surface area contributed by atoms with E-state index in [0.717, 1.165) is 0 Å². The van der Waals surface area contributed by atoms with Crippen molar-refractivity contribution in [3.05, 3.63) is 51.9 Å². The molecule has 0 unspecified atom stereocenters. The number of fused-ring (bicyclic) bond motifs is 3. The number of methoxy groups -OCH3 is 1. The van der Waals surface area contributed by atoms with Crippen LogP contribution in [0, 0.1) is 0 Å². The number of aromatic hydroxyl groups is 3. The number of benzene rings is 2. The Kier molecular flexibility index (Phi) is 3.85. The number of hydrogen-bond acceptors (Lipinski definition) is 8. The fourth-order valence-electron chi connectivity index (χ4n) is 3.35. The molecule has 2 atom stereocenters. The third kappa shape index (κ3) is 2.70. The maximum absolute atomic E-state index is 11.4. The largest absolute Gasteiger partial charge is 0.507 e. The molecule has 3 aromatic rings. The number of rotatable bonds is 2. The summed E-state index contributed by atoms with van der Waals surface area (Å²) < 4.78 is 15.9. The molecule has 2 aromatic carbocycles. The monoisotopic (exact) mass is 372 g/mol. The fourth-order valence-corrected chi connectivity index (χ4v) is 3.35. The second-order valence-electron chi connectivity index (χ2n) is 6.27. The van der Waals surface area contributed by atoms with E-state index in [1.807, 2.05) is 0 Å². The zero-order valence-corrected chi connectivity index (χ0v) is 14.2. The van der Waals surface area contributed by atoms with Crippen LogP contribution in [0.5, 0.6) is 28.7 Å². The SMILES string of the molecule is COc1c(O)cc([C@@H]2Oc3c(c(O)cc4oc(=O)ccc34)C[C@H]2O)cc1O. The Bertz CT molecular complexity index is 1080. The van der Waals surface area contributed by atoms with E-state index < -0.39 is 17.8 Å². The average Bonchev–Trinajstić information content (AvgIpc) is 2.61. The lowest BCUT2D eigenvalue weighted by Crippen LogP contribution is -2.30. The maximum Gasteiger partial charge on any atom is 0.336 e. The molecule has 4 rings (SSSR count). The van der Waals surface area contributed by atoms with Crippen molar-refractivity contribution >= 4 is 11.0 Å². The molecule has 0 saturated carbocycles. The van der Waals surface area contributed by atoms with E-state index in [4.69, 9.17) is 13.9 Å². The van der Waals surface area contributed by atoms with Crippen molar-refractivity contribution in [1.82, 2.24) is 0 Å². The van der Waals surface area contributed by atoms with Crippen LogP contribution >= 0.6 is 0 Å². The van der Waals surface area contributed by atoms with E-state index in [0.29, 0.717) is 16.5 Å². The summed E-state index contributed by atoms with van der Waals surface area (Å²) in [5.41, 5.74) is 0.272. The summed E-state index contributed by atoms with van der Waals surface area (Å²) in [6, 6.07) is 6.69. The van der Waals surface area contributed by atoms with E-state index in [1.54, 1.807) is 0 Å². The van der Waals surface area contributed by atoms with Gasteiger partial charge in [-0.3, -0.25) is 0 Å². The van der Waals surface area contributed by atoms with Crippen molar-refractivity contribution in [3.63, 3.8) is 0 Å². The Balaban J connectivity index is 1.85. The molecule has 0 amide bonds. The first-order chi connectivity index (χ1) is 12.9. The number of aliphatic hydroxyl groups is 1. The molecule has 8 nitrogen and oxygen atoms in total. The van der Waals surface area contributed by atoms with Crippen LogP contribution < -0.4 is 15.1 Å². The minimum atomic E-state index is -1.05. The van der Waals surface area contributed by atoms with E-state index in [-0.39, 0.29) is 40.8 Å². The quantitative estimate of drug-likeness (QED) is 0.502. The molecule has 0 bridgehead atoms. The second-order valence-corrected chi connectivity index (χ2v) is 6.27. The van der Waals surface area contributed by atoms with Crippen LogP contribution in [0.1, 0.15) is 17.2 Å². The minimum absolute atomic E-state index is 0.0639. The summed E-state index contributed by atoms with van der Waals surface area (Å²) in [4.78, 5) is 11.4. The highest BCUT2D eigenvalue weighted by Crippen LogP contribution is 2.46. The first-order valence-corrected chi connectivity index (χ1v) is 8.12. The van der Waals surface area contributed by atoms with Crippen molar-refractivity contribution < 1.29 is 34.3 Å². The van der Waals surface area contributed by atoms with Crippen molar-refractivity contribution in [2.75, 3.05) is 7.11 Å². The fraction of sp³-hybridized carbons (Fsp3) is 0.211. The summed E-state index contributed by atoms with van der Waals surface area (Å²) in [6.07, 6.45) is -1.92. The van der Waals surface area contributed by atoms with Crippen LogP contribution in [0.25, 0.3) is 11.0 Å². The van der Waals surface area contributed by atoms with E-state index in [2.05, 4.69) is 0 Å². The minimum Gasteiger partial charge on any atom is -0.507 e. The number of phenolic OH excluding ortho intramolecular Hbond substituents is 3. The van der Waals surface area contributed by atoms with Gasteiger partial charge in [0, 0.05) is 29.7 Å². The maximum atomic E-state index is 11.4. The molecule has 0 spiro atoms. The molecular weight excluding hydrogens is 356 g/mol. The molecule has 2 heterocycles. The molecule has 1 aliphatic heterocycles. The molecule has 1 aliphatic rings. The molecule has 0 fully saturated rings. The van der Waals surface area contributed by atoms with Gasteiger partial charge in [0.2, 0.25) is 5.75 Å². The first-order valence-electron chi connectivity index (χ1n) is 8.12. The van der Waals surface area contributed by atoms with Gasteiger partial charge in [-0.05, 0) is 18.2 Å². The van der Waals surface area contributed by atoms with Crippen molar-refractivity contribution in [2.45, 2.75) is 18.6 Å². The lowest BCUT2D eigenvalue weighted by molar-refractivity contribution is 0.0209. The molecule has 0 saturated heterocycles. The molecule has 0 radical (unpaired) electrons. The standard InChI is InChI=1S/C19H16O8/c1-25-19-12(21)4-8(5-13(19)22)17-14(23)6-10-11(20)7-15-9(18(10)27-17)2-3-16(24)26-15/h2-5,7,14,17,20-23H,6H2,1H3/t14-,17+/m1/s1. The summed E-state index contributed by atoms with van der Waals surface area (Å²) in [5.74, 6) is -0.598. The number of aliphatic hydroxyl groups excluding tert-OH is 1. The van der Waals surface area contributed by atoms with Gasteiger partial charge in [-0.15, -0.1) is 0 Å². The Morgan fingerprint density at radius 2 is 1.78 bits per heavy atom. The van der Waals surface area contributed by atoms with E-state index >= 15 is 0 Å². The summed E-state index contributed by atoms with van der Waals surface area (Å²) in [5, 5.41) is 41.2. The van der Waals surface area contributed by atoms with Gasteiger partial charge in [0.05, 0.1) is 18.6 Å². The van der Waals surface area contributed by atoms with Gasteiger partial charge >= 0.3 is 5.63 Å². The number of ether oxygens (including phenoxy) is 2. The summed E-state index contributed by atoms with van der Waals surface area (Å²) in [7, 11) is 1.30. The Hall–Kier alpha value is -3.39. The Labute approximate surface area is 152 Å². The van der Waals surface area contributed by atoms with Crippen molar-refractivity contribution in [2.24, 2.45) is 0 Å². The van der Waals surface area contributed by atoms with E-state index in [1.165, 1.54) is 37.4 Å². The van der Waals surface area contributed by atoms with Crippen molar-refractivity contribution in [3.8, 4) is 28.7 Å². The molecular formula is C19H16O8. The van der Waals surface area contributed by atoms with Crippen LogP contribution in [0.15, 0.2) is 39.5 Å². The van der Waals surface area contributed by atoms with Gasteiger partial charge in [-0.1, -0.05) is 0 Å². The van der Waals surface area contributed by atoms with E-state index in [9.17, 15) is 25.2 Å². The number of hydrogen-bond donors (Lipinski definition) is 4. The lowest BCUT2D eigenvalue weighted by atomic mass is 9.92. The Morgan fingerprint density at radius 1 is 1.07 bits per heavy atom. The average molecular weight is 372 g/mol. The predicted octanol–water partition coefficient (Wildman–Crippen LogP) is 1.96. The highest BCUT2D eigenvalue weighted by molar-refractivity contribution is 5.87. The first kappa shape index (κ1) is 17.0. The third-order valence-electron chi connectivity index (χ3n) is 4.57. The zero-order chi connectivity index (χ0) is 19.3. The molecule has 140 valence electrons. The van der Waals surface area contributed by atoms with Crippen LogP contribution in [-0.4, -0.2) is 33.6 Å². The topological polar surface area (TPSA) is 130 Å². The van der Waals surface area contributed by atoms with Gasteiger partial charge in [-0.2, -0.15) is 0 Å². The van der Waals surface area contributed by atoms with Gasteiger partial charge in [0.1, 0.15) is 17.1 Å². The van der Waals surface area contributed by atoms with Crippen LogP contribution in [0.4, 0.5) is 0 Å². The van der Waals surface area contributed by atoms with Crippen LogP contribution in [0.3, 0.4) is 0 Å². The molecule has 0 aliphatic carbocycles. The van der Waals surface area contributed by atoms with Crippen molar-refractivity contribution in [1.29, 1.82) is 0 Å². The normalized spacial score (nSPS) is 18.7. The predicted molar refractivity (Wildman–Crippen MR) is 93.6 cm³/mol. The number of phenols is 3. The summed E-state index contributed by atoms with van der Waals surface area (Å²) >= 11 is 0. The highest BCUT2D eigenvalue weighted by Gasteiger charge is 2.34. The lowest BCUT2D eigenvalue weighted by Gasteiger charge is -2.32. The molecule has 27 heavy (non-hydrogen) atoms.